The van der Waals surface area contributed by atoms with E-state index in [1.807, 2.05) is 91.0 Å². The molecule has 1 aromatic heterocycles. The Kier molecular flexibility index (Phi) is 10.3. The van der Waals surface area contributed by atoms with Crippen LogP contribution >= 0.6 is 23.1 Å². The Morgan fingerprint density at radius 1 is 0.966 bits per heavy atom. The van der Waals surface area contributed by atoms with Crippen molar-refractivity contribution < 1.29 is 38.6 Å². The van der Waals surface area contributed by atoms with Crippen LogP contribution in [0.4, 0.5) is 15.2 Å². The first kappa shape index (κ1) is 38.1. The molecule has 5 aromatic rings. The van der Waals surface area contributed by atoms with Crippen LogP contribution in [-0.2, 0) is 29.6 Å². The maximum absolute atomic E-state index is 14.2. The number of nitrogen functional groups attached to an aromatic ring is 1. The molecule has 0 radical (unpaired) electrons. The average Bonchev–Trinajstić information content (AvgIpc) is 3.84. The van der Waals surface area contributed by atoms with Gasteiger partial charge in [-0.15, -0.1) is 23.1 Å². The van der Waals surface area contributed by atoms with Crippen molar-refractivity contribution >= 4 is 63.3 Å². The van der Waals surface area contributed by atoms with Gasteiger partial charge in [-0.1, -0.05) is 96.2 Å². The van der Waals surface area contributed by atoms with Crippen LogP contribution in [0, 0.1) is 5.82 Å². The van der Waals surface area contributed by atoms with Crippen LogP contribution in [0.5, 0.6) is 5.75 Å². The summed E-state index contributed by atoms with van der Waals surface area (Å²) in [5, 5.41) is 28.0. The number of carboxylic acid groups (broad SMARTS) is 1. The fourth-order valence-corrected chi connectivity index (χ4v) is 9.08. The third-order valence-corrected chi connectivity index (χ3v) is 12.0. The Hall–Kier alpha value is -6.78. The smallest absolute Gasteiger partial charge is 0.352 e. The number of nitrogens with zero attached hydrogens (tertiary/aromatic N) is 4. The van der Waals surface area contributed by atoms with Crippen LogP contribution < -0.4 is 16.0 Å². The number of carboxylic acids is 1. The van der Waals surface area contributed by atoms with Crippen molar-refractivity contribution in [2.75, 3.05) is 22.9 Å². The zero-order valence-electron chi connectivity index (χ0n) is 30.3. The van der Waals surface area contributed by atoms with Crippen LogP contribution in [0.15, 0.2) is 143 Å². The molecule has 16 heteroatoms. The van der Waals surface area contributed by atoms with Crippen molar-refractivity contribution in [3.05, 3.63) is 166 Å². The van der Waals surface area contributed by atoms with E-state index in [9.17, 15) is 33.8 Å². The summed E-state index contributed by atoms with van der Waals surface area (Å²) in [5.41, 5.74) is 7.10. The molecule has 4 aromatic carbocycles. The Morgan fingerprint density at radius 2 is 1.59 bits per heavy atom. The molecule has 58 heavy (non-hydrogen) atoms. The lowest BCUT2D eigenvalue weighted by atomic mass is 9.80. The van der Waals surface area contributed by atoms with E-state index in [0.29, 0.717) is 0 Å². The standard InChI is InChI=1S/C42H33FN6O7S2/c43-30-21-29(16-17-32(30)50)48-19-18-24(37(48)52)20-25-22-57-39-34(38(53)49(39)35(25)40(54)55)46-36(51)33(31-23-58-41(44)45-31)47-56-42(26-10-4-1-5-11-26,27-12-6-2-7-13-27)28-14-8-3-9-15-28/h1-17,20-21,23,34,39,50H,18-19,22H2,(H2,44,45)(H,46,51)(H,54,55)/t34-,39-/m1/s1. The zero-order chi connectivity index (χ0) is 40.6. The van der Waals surface area contributed by atoms with Crippen LogP contribution in [0.1, 0.15) is 28.8 Å². The second-order valence-corrected chi connectivity index (χ2v) is 15.4. The quantitative estimate of drug-likeness (QED) is 0.0443. The lowest BCUT2D eigenvalue weighted by Gasteiger charge is -2.49. The molecule has 0 bridgehead atoms. The second-order valence-electron chi connectivity index (χ2n) is 13.4. The lowest BCUT2D eigenvalue weighted by molar-refractivity contribution is -0.150. The van der Waals surface area contributed by atoms with E-state index >= 15 is 0 Å². The number of carbonyl (C=O) groups excluding carboxylic acids is 3. The van der Waals surface area contributed by atoms with Gasteiger partial charge in [0.15, 0.2) is 22.4 Å². The minimum atomic E-state index is -1.38. The number of aromatic hydroxyl groups is 1. The molecule has 0 unspecified atom stereocenters. The zero-order valence-corrected chi connectivity index (χ0v) is 32.0. The summed E-state index contributed by atoms with van der Waals surface area (Å²) >= 11 is 2.31. The van der Waals surface area contributed by atoms with Gasteiger partial charge < -0.3 is 31.0 Å². The number of fused-ring (bicyclic) bond motifs is 1. The molecular weight excluding hydrogens is 784 g/mol. The fraction of sp³-hybridized carbons (Fsp3) is 0.143. The molecule has 3 amide bonds. The molecule has 0 saturated carbocycles. The summed E-state index contributed by atoms with van der Waals surface area (Å²) in [6, 6.07) is 30.7. The van der Waals surface area contributed by atoms with E-state index in [0.717, 1.165) is 45.1 Å². The third-order valence-electron chi connectivity index (χ3n) is 10.00. The van der Waals surface area contributed by atoms with E-state index in [2.05, 4.69) is 15.5 Å². The van der Waals surface area contributed by atoms with Gasteiger partial charge in [-0.05, 0) is 30.2 Å². The number of thioether (sulfide) groups is 1. The largest absolute Gasteiger partial charge is 0.505 e. The Morgan fingerprint density at radius 3 is 2.14 bits per heavy atom. The number of aromatic nitrogens is 1. The highest BCUT2D eigenvalue weighted by atomic mass is 32.2. The van der Waals surface area contributed by atoms with E-state index in [4.69, 9.17) is 10.6 Å². The topological polar surface area (TPSA) is 188 Å². The van der Waals surface area contributed by atoms with Gasteiger partial charge in [0, 0.05) is 51.7 Å². The predicted molar refractivity (Wildman–Crippen MR) is 216 cm³/mol. The Bertz CT molecular complexity index is 2430. The molecule has 5 N–H and O–H groups in total. The van der Waals surface area contributed by atoms with Gasteiger partial charge in [0.2, 0.25) is 5.60 Å². The number of nitrogens with one attached hydrogen (secondary N) is 1. The number of allylic oxidation sites excluding steroid dienone is 1. The first-order valence-corrected chi connectivity index (χ1v) is 19.9. The van der Waals surface area contributed by atoms with Crippen molar-refractivity contribution in [2.45, 2.75) is 23.4 Å². The third kappa shape index (κ3) is 6.85. The SMILES string of the molecule is Nc1nc(C(=NOC(c2ccccc2)(c2ccccc2)c2ccccc2)C(=O)N[C@@H]2C(=O)N3C(C(=O)O)=C(C=C4CCN(c5ccc(O)c(F)c5)C4=O)CS[C@H]23)cs1. The average molecular weight is 817 g/mol. The molecule has 3 aliphatic rings. The van der Waals surface area contributed by atoms with Gasteiger partial charge in [-0.25, -0.2) is 14.2 Å². The number of hydrogen-bond acceptors (Lipinski definition) is 11. The molecule has 8 rings (SSSR count). The molecule has 0 aliphatic carbocycles. The van der Waals surface area contributed by atoms with Crippen molar-refractivity contribution in [1.82, 2.24) is 15.2 Å². The number of aliphatic carboxylic acids is 1. The van der Waals surface area contributed by atoms with E-state index in [1.165, 1.54) is 28.8 Å². The van der Waals surface area contributed by atoms with E-state index < -0.39 is 52.3 Å². The summed E-state index contributed by atoms with van der Waals surface area (Å²) in [5.74, 6) is -4.65. The fourth-order valence-electron chi connectivity index (χ4n) is 7.22. The van der Waals surface area contributed by atoms with E-state index in [-0.39, 0.29) is 57.8 Å². The lowest BCUT2D eigenvalue weighted by Crippen LogP contribution is -2.71. The molecule has 13 nitrogen and oxygen atoms in total. The number of carbonyl (C=O) groups is 4. The molecule has 292 valence electrons. The summed E-state index contributed by atoms with van der Waals surface area (Å²) in [7, 11) is 0. The Balaban J connectivity index is 1.09. The van der Waals surface area contributed by atoms with E-state index in [1.54, 1.807) is 5.38 Å². The van der Waals surface area contributed by atoms with Crippen LogP contribution in [0.3, 0.4) is 0 Å². The second kappa shape index (κ2) is 15.6. The molecular formula is C42H33FN6O7S2. The molecule has 2 saturated heterocycles. The van der Waals surface area contributed by atoms with Crippen molar-refractivity contribution in [2.24, 2.45) is 5.16 Å². The monoisotopic (exact) mass is 816 g/mol. The van der Waals surface area contributed by atoms with Gasteiger partial charge in [-0.3, -0.25) is 19.3 Å². The van der Waals surface area contributed by atoms with Gasteiger partial charge in [0.1, 0.15) is 22.8 Å². The van der Waals surface area contributed by atoms with Gasteiger partial charge in [-0.2, -0.15) is 0 Å². The maximum Gasteiger partial charge on any atom is 0.352 e. The number of oxime groups is 1. The number of amides is 3. The van der Waals surface area contributed by atoms with Gasteiger partial charge >= 0.3 is 5.97 Å². The molecule has 2 fully saturated rings. The number of phenolic OH excluding ortho intramolecular Hbond substituents is 1. The maximum atomic E-state index is 14.2. The van der Waals surface area contributed by atoms with Crippen LogP contribution in [0.25, 0.3) is 0 Å². The highest BCUT2D eigenvalue weighted by Gasteiger charge is 2.54. The molecule has 2 atom stereocenters. The first-order valence-electron chi connectivity index (χ1n) is 17.9. The van der Waals surface area contributed by atoms with Crippen molar-refractivity contribution in [3.8, 4) is 5.75 Å². The number of hydrogen-bond donors (Lipinski definition) is 4. The van der Waals surface area contributed by atoms with Crippen LogP contribution in [-0.4, -0.2) is 73.2 Å². The number of phenols is 1. The molecule has 4 heterocycles. The molecule has 0 spiro atoms. The van der Waals surface area contributed by atoms with Crippen molar-refractivity contribution in [1.29, 1.82) is 0 Å². The number of nitrogens with two attached hydrogens (primary N) is 1. The normalized spacial score (nSPS) is 18.9. The number of halogens is 1. The predicted octanol–water partition coefficient (Wildman–Crippen LogP) is 5.38. The highest BCUT2D eigenvalue weighted by Crippen LogP contribution is 2.43. The van der Waals surface area contributed by atoms with Crippen LogP contribution in [0.2, 0.25) is 0 Å². The number of rotatable bonds is 11. The minimum Gasteiger partial charge on any atom is -0.505 e. The molecule has 3 aliphatic heterocycles. The van der Waals surface area contributed by atoms with Gasteiger partial charge in [0.05, 0.1) is 0 Å². The first-order chi connectivity index (χ1) is 28.1. The number of benzene rings is 4. The Labute approximate surface area is 338 Å². The van der Waals surface area contributed by atoms with Crippen molar-refractivity contribution in [3.63, 3.8) is 0 Å². The minimum absolute atomic E-state index is 0.105. The number of thiazole rings is 1. The number of anilines is 2. The number of β-lactam (4-membered cyclic amide) rings is 1. The summed E-state index contributed by atoms with van der Waals surface area (Å²) in [6.07, 6.45) is 1.70. The summed E-state index contributed by atoms with van der Waals surface area (Å²) < 4.78 is 14.1. The van der Waals surface area contributed by atoms with Gasteiger partial charge in [0.25, 0.3) is 17.7 Å². The summed E-state index contributed by atoms with van der Waals surface area (Å²) in [4.78, 5) is 67.3. The highest BCUT2D eigenvalue weighted by molar-refractivity contribution is 8.00. The summed E-state index contributed by atoms with van der Waals surface area (Å²) in [6.45, 7) is 0.207.